The maximum Gasteiger partial charge on any atom is 0.205 e. The molecule has 0 bridgehead atoms. The van der Waals surface area contributed by atoms with E-state index in [1.54, 1.807) is 7.11 Å². The van der Waals surface area contributed by atoms with Gasteiger partial charge in [0.25, 0.3) is 0 Å². The molecule has 6 heteroatoms. The van der Waals surface area contributed by atoms with Crippen LogP contribution in [0.3, 0.4) is 0 Å². The molecule has 1 aliphatic heterocycles. The fourth-order valence-electron chi connectivity index (χ4n) is 2.52. The minimum Gasteiger partial charge on any atom is -0.491 e. The van der Waals surface area contributed by atoms with Crippen molar-refractivity contribution in [1.82, 2.24) is 9.36 Å². The Labute approximate surface area is 128 Å². The minimum absolute atomic E-state index is 0.369. The first-order valence-electron chi connectivity index (χ1n) is 7.13. The molecule has 0 unspecified atom stereocenters. The minimum atomic E-state index is 0.369. The third kappa shape index (κ3) is 3.51. The molecule has 1 saturated heterocycles. The van der Waals surface area contributed by atoms with E-state index in [1.165, 1.54) is 18.0 Å². The van der Waals surface area contributed by atoms with Crippen molar-refractivity contribution >= 4 is 16.7 Å². The summed E-state index contributed by atoms with van der Waals surface area (Å²) in [4.78, 5) is 6.85. The van der Waals surface area contributed by atoms with E-state index in [4.69, 9.17) is 9.47 Å². The Kier molecular flexibility index (Phi) is 4.67. The summed E-state index contributed by atoms with van der Waals surface area (Å²) in [6, 6.07) is 10.3. The first-order chi connectivity index (χ1) is 10.4. The van der Waals surface area contributed by atoms with E-state index in [9.17, 15) is 0 Å². The zero-order chi connectivity index (χ0) is 14.5. The second kappa shape index (κ2) is 6.87. The predicted molar refractivity (Wildman–Crippen MR) is 82.9 cm³/mol. The van der Waals surface area contributed by atoms with Crippen molar-refractivity contribution in [3.8, 4) is 5.75 Å². The van der Waals surface area contributed by atoms with Gasteiger partial charge in [-0.2, -0.15) is 4.37 Å². The van der Waals surface area contributed by atoms with Crippen molar-refractivity contribution in [3.05, 3.63) is 36.2 Å². The Hall–Kier alpha value is -1.66. The van der Waals surface area contributed by atoms with Crippen molar-refractivity contribution in [2.45, 2.75) is 25.5 Å². The van der Waals surface area contributed by atoms with E-state index in [-0.39, 0.29) is 0 Å². The third-order valence-electron chi connectivity index (χ3n) is 3.54. The second-order valence-corrected chi connectivity index (χ2v) is 5.77. The molecule has 21 heavy (non-hydrogen) atoms. The molecule has 0 radical (unpaired) electrons. The summed E-state index contributed by atoms with van der Waals surface area (Å²) in [7, 11) is 1.66. The van der Waals surface area contributed by atoms with E-state index in [0.717, 1.165) is 29.7 Å². The highest BCUT2D eigenvalue weighted by molar-refractivity contribution is 7.09. The normalized spacial score (nSPS) is 18.1. The summed E-state index contributed by atoms with van der Waals surface area (Å²) >= 11 is 1.44. The highest BCUT2D eigenvalue weighted by Crippen LogP contribution is 2.27. The summed E-state index contributed by atoms with van der Waals surface area (Å²) in [5.41, 5.74) is 0. The summed E-state index contributed by atoms with van der Waals surface area (Å²) in [6.45, 7) is 2.17. The maximum atomic E-state index is 5.89. The van der Waals surface area contributed by atoms with Gasteiger partial charge in [0.1, 0.15) is 19.0 Å². The molecule has 1 aromatic heterocycles. The van der Waals surface area contributed by atoms with Gasteiger partial charge >= 0.3 is 0 Å². The second-order valence-electron chi connectivity index (χ2n) is 5.04. The van der Waals surface area contributed by atoms with Crippen LogP contribution in [0.2, 0.25) is 0 Å². The van der Waals surface area contributed by atoms with Crippen LogP contribution in [0.5, 0.6) is 5.75 Å². The summed E-state index contributed by atoms with van der Waals surface area (Å²) in [5.74, 6) is 1.67. The van der Waals surface area contributed by atoms with E-state index in [1.807, 2.05) is 30.3 Å². The Bertz CT molecular complexity index is 561. The number of anilines is 1. The standard InChI is InChI=1S/C15H19N3O2S/c1-19-11-14-16-15(21-17-14)18-9-5-6-12(18)10-20-13-7-3-2-4-8-13/h2-4,7-8,12H,5-6,9-11H2,1H3/t12-/m0/s1. The number of ether oxygens (including phenoxy) is 2. The van der Waals surface area contributed by atoms with Gasteiger partial charge in [-0.3, -0.25) is 0 Å². The number of methoxy groups -OCH3 is 1. The number of hydrogen-bond acceptors (Lipinski definition) is 6. The smallest absolute Gasteiger partial charge is 0.205 e. The molecule has 0 amide bonds. The lowest BCUT2D eigenvalue weighted by Gasteiger charge is -2.23. The number of rotatable bonds is 6. The highest BCUT2D eigenvalue weighted by Gasteiger charge is 2.28. The van der Waals surface area contributed by atoms with Crippen molar-refractivity contribution in [2.24, 2.45) is 0 Å². The molecule has 2 aromatic rings. The number of benzene rings is 1. The van der Waals surface area contributed by atoms with Crippen LogP contribution in [0.15, 0.2) is 30.3 Å². The average molecular weight is 305 g/mol. The molecular weight excluding hydrogens is 286 g/mol. The van der Waals surface area contributed by atoms with Gasteiger partial charge in [-0.15, -0.1) is 0 Å². The van der Waals surface area contributed by atoms with Gasteiger partial charge in [0, 0.05) is 25.2 Å². The van der Waals surface area contributed by atoms with Crippen LogP contribution in [-0.4, -0.2) is 35.7 Å². The molecule has 3 rings (SSSR count). The third-order valence-corrected chi connectivity index (χ3v) is 4.33. The fraction of sp³-hybridized carbons (Fsp3) is 0.467. The Morgan fingerprint density at radius 1 is 1.33 bits per heavy atom. The summed E-state index contributed by atoms with van der Waals surface area (Å²) < 4.78 is 15.3. The van der Waals surface area contributed by atoms with Gasteiger partial charge in [-0.05, 0) is 25.0 Å². The van der Waals surface area contributed by atoms with Crippen molar-refractivity contribution in [2.75, 3.05) is 25.2 Å². The molecule has 0 aliphatic carbocycles. The van der Waals surface area contributed by atoms with Crippen LogP contribution in [0, 0.1) is 0 Å². The lowest BCUT2D eigenvalue weighted by atomic mass is 10.2. The largest absolute Gasteiger partial charge is 0.491 e. The molecule has 0 N–H and O–H groups in total. The zero-order valence-electron chi connectivity index (χ0n) is 12.1. The van der Waals surface area contributed by atoms with E-state index < -0.39 is 0 Å². The molecule has 1 atom stereocenters. The topological polar surface area (TPSA) is 47.5 Å². The highest BCUT2D eigenvalue weighted by atomic mass is 32.1. The first kappa shape index (κ1) is 14.3. The molecule has 5 nitrogen and oxygen atoms in total. The number of aromatic nitrogens is 2. The van der Waals surface area contributed by atoms with Crippen LogP contribution in [0.25, 0.3) is 0 Å². The Morgan fingerprint density at radius 3 is 3.00 bits per heavy atom. The molecule has 0 spiro atoms. The fourth-order valence-corrected chi connectivity index (χ4v) is 3.29. The molecule has 1 fully saturated rings. The van der Waals surface area contributed by atoms with Gasteiger partial charge < -0.3 is 14.4 Å². The lowest BCUT2D eigenvalue weighted by Crippen LogP contribution is -2.34. The van der Waals surface area contributed by atoms with Crippen LogP contribution >= 0.6 is 11.5 Å². The quantitative estimate of drug-likeness (QED) is 0.821. The van der Waals surface area contributed by atoms with Gasteiger partial charge in [0.15, 0.2) is 5.82 Å². The summed E-state index contributed by atoms with van der Waals surface area (Å²) in [5, 5.41) is 0.973. The summed E-state index contributed by atoms with van der Waals surface area (Å²) in [6.07, 6.45) is 2.30. The molecular formula is C15H19N3O2S. The lowest BCUT2D eigenvalue weighted by molar-refractivity contribution is 0.179. The van der Waals surface area contributed by atoms with Crippen LogP contribution in [-0.2, 0) is 11.3 Å². The van der Waals surface area contributed by atoms with E-state index in [2.05, 4.69) is 14.3 Å². The van der Waals surface area contributed by atoms with Gasteiger partial charge in [0.2, 0.25) is 5.13 Å². The van der Waals surface area contributed by atoms with E-state index >= 15 is 0 Å². The SMILES string of the molecule is COCc1nsc(N2CCC[C@H]2COc2ccccc2)n1. The Morgan fingerprint density at radius 2 is 2.19 bits per heavy atom. The monoisotopic (exact) mass is 305 g/mol. The number of hydrogen-bond donors (Lipinski definition) is 0. The Balaban J connectivity index is 1.62. The first-order valence-corrected chi connectivity index (χ1v) is 7.90. The van der Waals surface area contributed by atoms with Crippen LogP contribution in [0.4, 0.5) is 5.13 Å². The average Bonchev–Trinajstić information content (AvgIpc) is 3.15. The molecule has 2 heterocycles. The maximum absolute atomic E-state index is 5.89. The predicted octanol–water partition coefficient (Wildman–Crippen LogP) is 2.73. The van der Waals surface area contributed by atoms with Gasteiger partial charge in [-0.25, -0.2) is 4.98 Å². The zero-order valence-corrected chi connectivity index (χ0v) is 12.9. The van der Waals surface area contributed by atoms with Gasteiger partial charge in [-0.1, -0.05) is 18.2 Å². The van der Waals surface area contributed by atoms with E-state index in [0.29, 0.717) is 19.3 Å². The van der Waals surface area contributed by atoms with Gasteiger partial charge in [0.05, 0.1) is 6.04 Å². The molecule has 112 valence electrons. The molecule has 1 aromatic carbocycles. The van der Waals surface area contributed by atoms with Crippen molar-refractivity contribution < 1.29 is 9.47 Å². The number of para-hydroxylation sites is 1. The number of nitrogens with zero attached hydrogens (tertiary/aromatic N) is 3. The van der Waals surface area contributed by atoms with Crippen LogP contribution in [0.1, 0.15) is 18.7 Å². The molecule has 1 aliphatic rings. The molecule has 0 saturated carbocycles. The van der Waals surface area contributed by atoms with Crippen molar-refractivity contribution in [1.29, 1.82) is 0 Å². The van der Waals surface area contributed by atoms with Crippen molar-refractivity contribution in [3.63, 3.8) is 0 Å². The van der Waals surface area contributed by atoms with Crippen LogP contribution < -0.4 is 9.64 Å².